The molecule has 4 atom stereocenters. The Kier molecular flexibility index (Phi) is 2.81. The number of nitrogens with zero attached hydrogens (tertiary/aromatic N) is 2. The van der Waals surface area contributed by atoms with Gasteiger partial charge in [-0.1, -0.05) is 0 Å². The van der Waals surface area contributed by atoms with Gasteiger partial charge in [0.15, 0.2) is 0 Å². The quantitative estimate of drug-likeness (QED) is 0.786. The van der Waals surface area contributed by atoms with Crippen LogP contribution in [0.1, 0.15) is 32.1 Å². The first-order valence-electron chi connectivity index (χ1n) is 7.90. The summed E-state index contributed by atoms with van der Waals surface area (Å²) in [4.78, 5) is 28.4. The fourth-order valence-corrected chi connectivity index (χ4v) is 4.31. The van der Waals surface area contributed by atoms with E-state index in [2.05, 4.69) is 0 Å². The summed E-state index contributed by atoms with van der Waals surface area (Å²) in [5.74, 6) is 0.911. The Balaban J connectivity index is 1.40. The van der Waals surface area contributed by atoms with Gasteiger partial charge in [-0.15, -0.1) is 0 Å². The minimum Gasteiger partial charge on any atom is -0.393 e. The molecule has 5 nitrogen and oxygen atoms in total. The van der Waals surface area contributed by atoms with Gasteiger partial charge in [0.25, 0.3) is 0 Å². The molecule has 4 aliphatic rings. The Morgan fingerprint density at radius 1 is 1.10 bits per heavy atom. The Morgan fingerprint density at radius 3 is 2.60 bits per heavy atom. The summed E-state index contributed by atoms with van der Waals surface area (Å²) < 4.78 is 0. The van der Waals surface area contributed by atoms with Crippen LogP contribution in [0.5, 0.6) is 0 Å². The molecule has 0 aromatic heterocycles. The number of carbonyl (C=O) groups is 2. The van der Waals surface area contributed by atoms with Crippen molar-refractivity contribution in [2.45, 2.75) is 44.2 Å². The van der Waals surface area contributed by atoms with Gasteiger partial charge in [0, 0.05) is 38.0 Å². The minimum atomic E-state index is -0.231. The lowest BCUT2D eigenvalue weighted by Crippen LogP contribution is -2.37. The van der Waals surface area contributed by atoms with Crippen LogP contribution in [0, 0.1) is 17.8 Å². The summed E-state index contributed by atoms with van der Waals surface area (Å²) in [6, 6.07) is 0.417. The zero-order chi connectivity index (χ0) is 13.9. The average Bonchev–Trinajstić information content (AvgIpc) is 2.92. The normalized spacial score (nSPS) is 40.5. The maximum atomic E-state index is 12.6. The second-order valence-corrected chi connectivity index (χ2v) is 6.99. The minimum absolute atomic E-state index is 0.140. The lowest BCUT2D eigenvalue weighted by atomic mass is 10.00. The zero-order valence-electron chi connectivity index (χ0n) is 11.7. The highest BCUT2D eigenvalue weighted by Crippen LogP contribution is 2.39. The predicted octanol–water partition coefficient (Wildman–Crippen LogP) is 0.227. The molecule has 0 aromatic rings. The number of hydrogen-bond acceptors (Lipinski definition) is 3. The van der Waals surface area contributed by atoms with E-state index in [0.717, 1.165) is 32.2 Å². The Morgan fingerprint density at radius 2 is 1.90 bits per heavy atom. The highest BCUT2D eigenvalue weighted by atomic mass is 16.3. The Bertz CT molecular complexity index is 448. The summed E-state index contributed by atoms with van der Waals surface area (Å²) in [7, 11) is 0. The molecule has 2 amide bonds. The van der Waals surface area contributed by atoms with E-state index in [1.165, 1.54) is 0 Å². The number of aliphatic hydroxyl groups is 1. The maximum Gasteiger partial charge on any atom is 0.228 e. The van der Waals surface area contributed by atoms with Gasteiger partial charge in [-0.2, -0.15) is 0 Å². The molecule has 4 rings (SSSR count). The summed E-state index contributed by atoms with van der Waals surface area (Å²) in [5, 5.41) is 9.93. The van der Waals surface area contributed by atoms with Gasteiger partial charge >= 0.3 is 0 Å². The number of hydrogen-bond donors (Lipinski definition) is 1. The maximum absolute atomic E-state index is 12.6. The van der Waals surface area contributed by atoms with Crippen LogP contribution in [-0.2, 0) is 9.59 Å². The molecule has 0 spiro atoms. The lowest BCUT2D eigenvalue weighted by molar-refractivity contribution is -0.135. The van der Waals surface area contributed by atoms with E-state index >= 15 is 0 Å². The van der Waals surface area contributed by atoms with Gasteiger partial charge < -0.3 is 14.9 Å². The van der Waals surface area contributed by atoms with E-state index in [0.29, 0.717) is 31.5 Å². The fourth-order valence-electron chi connectivity index (χ4n) is 4.31. The number of likely N-dealkylation sites (tertiary alicyclic amines) is 2. The summed E-state index contributed by atoms with van der Waals surface area (Å²) >= 11 is 0. The molecule has 2 heterocycles. The van der Waals surface area contributed by atoms with Crippen molar-refractivity contribution in [3.8, 4) is 0 Å². The van der Waals surface area contributed by atoms with Crippen molar-refractivity contribution in [2.75, 3.05) is 19.6 Å². The first-order chi connectivity index (χ1) is 9.63. The second kappa shape index (κ2) is 4.45. The largest absolute Gasteiger partial charge is 0.393 e. The molecule has 2 saturated heterocycles. The molecule has 2 aliphatic carbocycles. The molecule has 4 fully saturated rings. The summed E-state index contributed by atoms with van der Waals surface area (Å²) in [6.07, 6.45) is 4.29. The fraction of sp³-hybridized carbons (Fsp3) is 0.867. The summed E-state index contributed by atoms with van der Waals surface area (Å²) in [6.45, 7) is 2.10. The number of carbonyl (C=O) groups excluding carboxylic acids is 2. The number of amides is 2. The molecular formula is C15H22N2O3. The molecule has 1 N–H and O–H groups in total. The molecule has 0 bridgehead atoms. The van der Waals surface area contributed by atoms with Gasteiger partial charge in [0.1, 0.15) is 0 Å². The smallest absolute Gasteiger partial charge is 0.228 e. The average molecular weight is 278 g/mol. The van der Waals surface area contributed by atoms with E-state index in [1.54, 1.807) is 0 Å². The molecule has 110 valence electrons. The summed E-state index contributed by atoms with van der Waals surface area (Å²) in [5.41, 5.74) is 0. The topological polar surface area (TPSA) is 60.9 Å². The first-order valence-corrected chi connectivity index (χ1v) is 7.90. The predicted molar refractivity (Wildman–Crippen MR) is 71.6 cm³/mol. The second-order valence-electron chi connectivity index (χ2n) is 6.99. The zero-order valence-corrected chi connectivity index (χ0v) is 11.7. The van der Waals surface area contributed by atoms with E-state index < -0.39 is 0 Å². The van der Waals surface area contributed by atoms with Crippen molar-refractivity contribution in [3.63, 3.8) is 0 Å². The Hall–Kier alpha value is -1.10. The van der Waals surface area contributed by atoms with Crippen LogP contribution >= 0.6 is 0 Å². The van der Waals surface area contributed by atoms with Crippen molar-refractivity contribution in [1.29, 1.82) is 0 Å². The van der Waals surface area contributed by atoms with Crippen molar-refractivity contribution >= 4 is 11.8 Å². The van der Waals surface area contributed by atoms with Gasteiger partial charge in [-0.3, -0.25) is 9.59 Å². The van der Waals surface area contributed by atoms with Crippen molar-refractivity contribution in [2.24, 2.45) is 17.8 Å². The number of aliphatic hydroxyl groups excluding tert-OH is 1. The van der Waals surface area contributed by atoms with E-state index in [9.17, 15) is 14.7 Å². The highest BCUT2D eigenvalue weighted by Gasteiger charge is 2.47. The standard InChI is InChI=1S/C15H22N2O3/c18-13-4-1-9-6-16(8-12(9)13)15(20)10-5-14(19)17(7-10)11-2-3-11/h9-13,18H,1-8H2. The highest BCUT2D eigenvalue weighted by molar-refractivity contribution is 5.89. The van der Waals surface area contributed by atoms with Crippen LogP contribution in [0.2, 0.25) is 0 Å². The van der Waals surface area contributed by atoms with Gasteiger partial charge in [0.05, 0.1) is 12.0 Å². The van der Waals surface area contributed by atoms with Gasteiger partial charge in [0.2, 0.25) is 11.8 Å². The van der Waals surface area contributed by atoms with Gasteiger partial charge in [-0.05, 0) is 31.6 Å². The van der Waals surface area contributed by atoms with Crippen LogP contribution < -0.4 is 0 Å². The SMILES string of the molecule is O=C(C1CC(=O)N(C2CC2)C1)N1CC2CCC(O)C2C1. The molecule has 20 heavy (non-hydrogen) atoms. The molecule has 0 aromatic carbocycles. The monoisotopic (exact) mass is 278 g/mol. The third-order valence-electron chi connectivity index (χ3n) is 5.63. The van der Waals surface area contributed by atoms with Crippen molar-refractivity contribution in [3.05, 3.63) is 0 Å². The number of fused-ring (bicyclic) bond motifs is 1. The third-order valence-corrected chi connectivity index (χ3v) is 5.63. The van der Waals surface area contributed by atoms with Crippen LogP contribution in [0.15, 0.2) is 0 Å². The van der Waals surface area contributed by atoms with Gasteiger partial charge in [-0.25, -0.2) is 0 Å². The Labute approximate surface area is 118 Å². The molecule has 2 aliphatic heterocycles. The number of rotatable bonds is 2. The third kappa shape index (κ3) is 1.94. The van der Waals surface area contributed by atoms with Crippen molar-refractivity contribution < 1.29 is 14.7 Å². The van der Waals surface area contributed by atoms with E-state index in [1.807, 2.05) is 9.80 Å². The van der Waals surface area contributed by atoms with E-state index in [-0.39, 0.29) is 29.8 Å². The molecule has 5 heteroatoms. The van der Waals surface area contributed by atoms with Crippen LogP contribution in [0.4, 0.5) is 0 Å². The lowest BCUT2D eigenvalue weighted by Gasteiger charge is -2.22. The van der Waals surface area contributed by atoms with Crippen LogP contribution in [0.3, 0.4) is 0 Å². The molecule has 2 saturated carbocycles. The van der Waals surface area contributed by atoms with E-state index in [4.69, 9.17) is 0 Å². The van der Waals surface area contributed by atoms with Crippen LogP contribution in [-0.4, -0.2) is 58.5 Å². The van der Waals surface area contributed by atoms with Crippen LogP contribution in [0.25, 0.3) is 0 Å². The molecule has 4 unspecified atom stereocenters. The molecular weight excluding hydrogens is 256 g/mol. The first kappa shape index (κ1) is 12.6. The van der Waals surface area contributed by atoms with Crippen molar-refractivity contribution in [1.82, 2.24) is 9.80 Å². The molecule has 0 radical (unpaired) electrons.